The first-order valence-electron chi connectivity index (χ1n) is 5.42. The number of aromatic nitrogens is 4. The summed E-state index contributed by atoms with van der Waals surface area (Å²) in [6, 6.07) is 2.17. The van der Waals surface area contributed by atoms with Crippen LogP contribution in [0.3, 0.4) is 0 Å². The van der Waals surface area contributed by atoms with Crippen molar-refractivity contribution in [2.75, 3.05) is 0 Å². The van der Waals surface area contributed by atoms with Crippen molar-refractivity contribution >= 4 is 11.9 Å². The zero-order valence-electron chi connectivity index (χ0n) is 10.0. The first kappa shape index (κ1) is 12.7. The van der Waals surface area contributed by atoms with Crippen LogP contribution in [0.25, 0.3) is 5.82 Å². The maximum absolute atomic E-state index is 11.7. The van der Waals surface area contributed by atoms with Crippen molar-refractivity contribution < 1.29 is 14.7 Å². The van der Waals surface area contributed by atoms with E-state index in [0.717, 1.165) is 0 Å². The van der Waals surface area contributed by atoms with Gasteiger partial charge in [-0.2, -0.15) is 5.10 Å². The standard InChI is InChI=1S/C11H11N5O3/c1-7(11(18)19)15-10(17)8-2-3-9(13-4-8)16-6-12-5-14-16/h2-7H,1H3,(H,15,17)(H,18,19)/t7-/m1/s1. The Morgan fingerprint density at radius 3 is 2.74 bits per heavy atom. The highest BCUT2D eigenvalue weighted by Gasteiger charge is 2.15. The minimum Gasteiger partial charge on any atom is -0.480 e. The van der Waals surface area contributed by atoms with Crippen LogP contribution in [0.2, 0.25) is 0 Å². The Balaban J connectivity index is 2.10. The van der Waals surface area contributed by atoms with E-state index in [-0.39, 0.29) is 5.56 Å². The van der Waals surface area contributed by atoms with Crippen LogP contribution in [0.1, 0.15) is 17.3 Å². The lowest BCUT2D eigenvalue weighted by atomic mass is 10.2. The number of hydrogen-bond donors (Lipinski definition) is 2. The van der Waals surface area contributed by atoms with E-state index < -0.39 is 17.9 Å². The molecule has 98 valence electrons. The average Bonchev–Trinajstić information content (AvgIpc) is 2.92. The fourth-order valence-electron chi connectivity index (χ4n) is 1.32. The van der Waals surface area contributed by atoms with Gasteiger partial charge in [0.05, 0.1) is 5.56 Å². The van der Waals surface area contributed by atoms with Gasteiger partial charge >= 0.3 is 5.97 Å². The van der Waals surface area contributed by atoms with Gasteiger partial charge in [0.25, 0.3) is 5.91 Å². The highest BCUT2D eigenvalue weighted by Crippen LogP contribution is 2.04. The van der Waals surface area contributed by atoms with Crippen molar-refractivity contribution in [3.8, 4) is 5.82 Å². The van der Waals surface area contributed by atoms with Crippen molar-refractivity contribution in [3.63, 3.8) is 0 Å². The fraction of sp³-hybridized carbons (Fsp3) is 0.182. The number of nitrogens with one attached hydrogen (secondary N) is 1. The van der Waals surface area contributed by atoms with Crippen LogP contribution < -0.4 is 5.32 Å². The molecule has 0 aromatic carbocycles. The summed E-state index contributed by atoms with van der Waals surface area (Å²) in [7, 11) is 0. The molecule has 0 saturated heterocycles. The van der Waals surface area contributed by atoms with Crippen LogP contribution in [-0.2, 0) is 4.79 Å². The van der Waals surface area contributed by atoms with Gasteiger partial charge in [0.2, 0.25) is 0 Å². The molecule has 0 fully saturated rings. The predicted octanol–water partition coefficient (Wildman–Crippen LogP) is -0.135. The van der Waals surface area contributed by atoms with Crippen LogP contribution in [-0.4, -0.2) is 42.8 Å². The number of aliphatic carboxylic acids is 1. The van der Waals surface area contributed by atoms with Gasteiger partial charge in [0, 0.05) is 6.20 Å². The average molecular weight is 261 g/mol. The summed E-state index contributed by atoms with van der Waals surface area (Å²) in [4.78, 5) is 30.2. The van der Waals surface area contributed by atoms with E-state index in [1.54, 1.807) is 6.07 Å². The largest absolute Gasteiger partial charge is 0.480 e. The first-order chi connectivity index (χ1) is 9.08. The molecule has 0 aliphatic heterocycles. The van der Waals surface area contributed by atoms with Crippen molar-refractivity contribution in [3.05, 3.63) is 36.5 Å². The maximum Gasteiger partial charge on any atom is 0.325 e. The summed E-state index contributed by atoms with van der Waals surface area (Å²) in [5.74, 6) is -1.08. The molecule has 0 bridgehead atoms. The van der Waals surface area contributed by atoms with E-state index in [9.17, 15) is 9.59 Å². The molecule has 2 aromatic rings. The van der Waals surface area contributed by atoms with Gasteiger partial charge in [0.15, 0.2) is 5.82 Å². The summed E-state index contributed by atoms with van der Waals surface area (Å²) < 4.78 is 1.45. The third-order valence-corrected chi connectivity index (χ3v) is 2.38. The second-order valence-corrected chi connectivity index (χ2v) is 3.78. The van der Waals surface area contributed by atoms with Gasteiger partial charge in [-0.25, -0.2) is 14.6 Å². The molecule has 1 atom stereocenters. The van der Waals surface area contributed by atoms with Crippen LogP contribution in [0.5, 0.6) is 0 Å². The normalized spacial score (nSPS) is 11.8. The zero-order valence-corrected chi connectivity index (χ0v) is 10.0. The molecule has 0 radical (unpaired) electrons. The van der Waals surface area contributed by atoms with E-state index in [0.29, 0.717) is 5.82 Å². The molecule has 8 heteroatoms. The molecule has 2 heterocycles. The number of carboxylic acid groups (broad SMARTS) is 1. The summed E-state index contributed by atoms with van der Waals surface area (Å²) in [5, 5.41) is 14.9. The highest BCUT2D eigenvalue weighted by molar-refractivity contribution is 5.96. The van der Waals surface area contributed by atoms with Crippen molar-refractivity contribution in [2.24, 2.45) is 0 Å². The summed E-state index contributed by atoms with van der Waals surface area (Å²) in [6.07, 6.45) is 4.20. The number of nitrogens with zero attached hydrogens (tertiary/aromatic N) is 4. The fourth-order valence-corrected chi connectivity index (χ4v) is 1.32. The molecule has 1 amide bonds. The molecular formula is C11H11N5O3. The van der Waals surface area contributed by atoms with Gasteiger partial charge in [-0.15, -0.1) is 0 Å². The molecule has 0 aliphatic rings. The van der Waals surface area contributed by atoms with Gasteiger partial charge in [-0.3, -0.25) is 9.59 Å². The lowest BCUT2D eigenvalue weighted by Gasteiger charge is -2.09. The van der Waals surface area contributed by atoms with E-state index in [4.69, 9.17) is 5.11 Å². The zero-order chi connectivity index (χ0) is 13.8. The monoisotopic (exact) mass is 261 g/mol. The molecule has 8 nitrogen and oxygen atoms in total. The highest BCUT2D eigenvalue weighted by atomic mass is 16.4. The predicted molar refractivity (Wildman–Crippen MR) is 63.7 cm³/mol. The Morgan fingerprint density at radius 2 is 2.21 bits per heavy atom. The van der Waals surface area contributed by atoms with Gasteiger partial charge in [-0.1, -0.05) is 0 Å². The van der Waals surface area contributed by atoms with Crippen LogP contribution in [0, 0.1) is 0 Å². The summed E-state index contributed by atoms with van der Waals surface area (Å²) >= 11 is 0. The molecule has 0 aliphatic carbocycles. The topological polar surface area (TPSA) is 110 Å². The van der Waals surface area contributed by atoms with Crippen LogP contribution in [0.15, 0.2) is 31.0 Å². The Kier molecular flexibility index (Phi) is 3.51. The number of rotatable bonds is 4. The van der Waals surface area contributed by atoms with Crippen molar-refractivity contribution in [1.82, 2.24) is 25.1 Å². The van der Waals surface area contributed by atoms with Gasteiger partial charge < -0.3 is 10.4 Å². The molecular weight excluding hydrogens is 250 g/mol. The molecule has 19 heavy (non-hydrogen) atoms. The van der Waals surface area contributed by atoms with Crippen molar-refractivity contribution in [1.29, 1.82) is 0 Å². The second-order valence-electron chi connectivity index (χ2n) is 3.78. The Labute approximate surface area is 108 Å². The lowest BCUT2D eigenvalue weighted by Crippen LogP contribution is -2.38. The molecule has 2 aromatic heterocycles. The van der Waals surface area contributed by atoms with E-state index in [1.807, 2.05) is 0 Å². The van der Waals surface area contributed by atoms with Crippen molar-refractivity contribution in [2.45, 2.75) is 13.0 Å². The third kappa shape index (κ3) is 2.92. The first-order valence-corrected chi connectivity index (χ1v) is 5.42. The number of pyridine rings is 1. The molecule has 2 rings (SSSR count). The summed E-state index contributed by atoms with van der Waals surface area (Å²) in [5.41, 5.74) is 0.275. The smallest absolute Gasteiger partial charge is 0.325 e. The van der Waals surface area contributed by atoms with Crippen LogP contribution in [0.4, 0.5) is 0 Å². The Bertz CT molecular complexity index is 579. The number of hydrogen-bond acceptors (Lipinski definition) is 5. The number of carbonyl (C=O) groups is 2. The number of carbonyl (C=O) groups excluding carboxylic acids is 1. The molecule has 0 spiro atoms. The summed E-state index contributed by atoms with van der Waals surface area (Å²) in [6.45, 7) is 1.39. The maximum atomic E-state index is 11.7. The molecule has 2 N–H and O–H groups in total. The second kappa shape index (κ2) is 5.25. The molecule has 0 unspecified atom stereocenters. The van der Waals surface area contributed by atoms with Crippen LogP contribution >= 0.6 is 0 Å². The van der Waals surface area contributed by atoms with E-state index in [1.165, 1.54) is 36.5 Å². The lowest BCUT2D eigenvalue weighted by molar-refractivity contribution is -0.138. The molecule has 0 saturated carbocycles. The van der Waals surface area contributed by atoms with E-state index in [2.05, 4.69) is 20.4 Å². The van der Waals surface area contributed by atoms with Gasteiger partial charge in [0.1, 0.15) is 18.7 Å². The number of amides is 1. The minimum atomic E-state index is -1.10. The SMILES string of the molecule is C[C@@H](NC(=O)c1ccc(-n2cncn2)nc1)C(=O)O. The Morgan fingerprint density at radius 1 is 1.42 bits per heavy atom. The number of carboxylic acids is 1. The van der Waals surface area contributed by atoms with Gasteiger partial charge in [-0.05, 0) is 19.1 Å². The van der Waals surface area contributed by atoms with E-state index >= 15 is 0 Å². The Hall–Kier alpha value is -2.77. The quantitative estimate of drug-likeness (QED) is 0.793. The minimum absolute atomic E-state index is 0.275. The third-order valence-electron chi connectivity index (χ3n) is 2.38.